The van der Waals surface area contributed by atoms with E-state index in [4.69, 9.17) is 5.41 Å². The third-order valence-electron chi connectivity index (χ3n) is 6.07. The zero-order chi connectivity index (χ0) is 18.7. The standard InChI is InChI=1S/C21H19F2N3O/c22-13-7-12(8-14(23)10-13)17-5-6-18(24)26(17)21(27)25-20-16-9-11-3-1-2-4-15(11)19(16)20/h1-4,7-8,10,16-17,19-20,24H,5-6,9H2,(H,25,27). The van der Waals surface area contributed by atoms with E-state index in [9.17, 15) is 13.6 Å². The second kappa shape index (κ2) is 5.87. The lowest BCUT2D eigenvalue weighted by atomic mass is 10.0. The highest BCUT2D eigenvalue weighted by Crippen LogP contribution is 2.56. The molecule has 4 nitrogen and oxygen atoms in total. The molecule has 0 aromatic heterocycles. The maximum Gasteiger partial charge on any atom is 0.323 e. The van der Waals surface area contributed by atoms with E-state index in [0.717, 1.165) is 12.5 Å². The number of carbonyl (C=O) groups is 1. The van der Waals surface area contributed by atoms with Gasteiger partial charge in [0.05, 0.1) is 6.04 Å². The van der Waals surface area contributed by atoms with E-state index in [0.29, 0.717) is 30.2 Å². The van der Waals surface area contributed by atoms with Crippen molar-refractivity contribution in [3.8, 4) is 0 Å². The molecule has 2 amide bonds. The molecule has 2 aromatic carbocycles. The lowest BCUT2D eigenvalue weighted by molar-refractivity contribution is 0.210. The predicted molar refractivity (Wildman–Crippen MR) is 96.6 cm³/mol. The summed E-state index contributed by atoms with van der Waals surface area (Å²) in [6.45, 7) is 0. The van der Waals surface area contributed by atoms with Crippen molar-refractivity contribution in [3.05, 3.63) is 70.8 Å². The van der Waals surface area contributed by atoms with Crippen LogP contribution in [0.2, 0.25) is 0 Å². The summed E-state index contributed by atoms with van der Waals surface area (Å²) in [6, 6.07) is 10.8. The summed E-state index contributed by atoms with van der Waals surface area (Å²) in [4.78, 5) is 14.2. The van der Waals surface area contributed by atoms with E-state index >= 15 is 0 Å². The van der Waals surface area contributed by atoms with Gasteiger partial charge in [0.1, 0.15) is 17.5 Å². The van der Waals surface area contributed by atoms with Gasteiger partial charge in [0.25, 0.3) is 0 Å². The maximum atomic E-state index is 13.6. The molecule has 2 aliphatic carbocycles. The summed E-state index contributed by atoms with van der Waals surface area (Å²) >= 11 is 0. The second-order valence-corrected chi connectivity index (χ2v) is 7.64. The summed E-state index contributed by atoms with van der Waals surface area (Å²) in [5.74, 6) is -0.400. The molecule has 1 saturated carbocycles. The Kier molecular flexibility index (Phi) is 3.57. The first-order chi connectivity index (χ1) is 13.0. The highest BCUT2D eigenvalue weighted by Gasteiger charge is 2.56. The molecule has 3 aliphatic rings. The van der Waals surface area contributed by atoms with E-state index in [1.165, 1.54) is 28.2 Å². The smallest absolute Gasteiger partial charge is 0.323 e. The summed E-state index contributed by atoms with van der Waals surface area (Å²) in [5.41, 5.74) is 3.04. The van der Waals surface area contributed by atoms with Crippen LogP contribution in [0.5, 0.6) is 0 Å². The van der Waals surface area contributed by atoms with Gasteiger partial charge in [-0.1, -0.05) is 24.3 Å². The third-order valence-corrected chi connectivity index (χ3v) is 6.07. The second-order valence-electron chi connectivity index (χ2n) is 7.64. The van der Waals surface area contributed by atoms with Crippen LogP contribution >= 0.6 is 0 Å². The number of nitrogens with zero attached hydrogens (tertiary/aromatic N) is 1. The minimum atomic E-state index is -0.669. The molecule has 1 saturated heterocycles. The number of urea groups is 1. The number of benzene rings is 2. The van der Waals surface area contributed by atoms with Crippen molar-refractivity contribution < 1.29 is 13.6 Å². The number of halogens is 2. The van der Waals surface area contributed by atoms with Crippen molar-refractivity contribution in [1.29, 1.82) is 5.41 Å². The van der Waals surface area contributed by atoms with Crippen molar-refractivity contribution in [1.82, 2.24) is 10.2 Å². The van der Waals surface area contributed by atoms with Crippen molar-refractivity contribution in [3.63, 3.8) is 0 Å². The highest BCUT2D eigenvalue weighted by atomic mass is 19.1. The van der Waals surface area contributed by atoms with Gasteiger partial charge in [-0.3, -0.25) is 10.3 Å². The molecular weight excluding hydrogens is 348 g/mol. The molecule has 4 atom stereocenters. The summed E-state index contributed by atoms with van der Waals surface area (Å²) < 4.78 is 27.2. The van der Waals surface area contributed by atoms with Crippen LogP contribution < -0.4 is 5.32 Å². The number of hydrogen-bond acceptors (Lipinski definition) is 2. The van der Waals surface area contributed by atoms with Crippen LogP contribution in [0.4, 0.5) is 13.6 Å². The number of amides is 2. The number of hydrogen-bond donors (Lipinski definition) is 2. The largest absolute Gasteiger partial charge is 0.334 e. The molecule has 4 unspecified atom stereocenters. The quantitative estimate of drug-likeness (QED) is 0.824. The minimum absolute atomic E-state index is 0.0747. The Labute approximate surface area is 155 Å². The molecule has 2 aromatic rings. The van der Waals surface area contributed by atoms with Crippen molar-refractivity contribution in [2.24, 2.45) is 5.92 Å². The van der Waals surface area contributed by atoms with Gasteiger partial charge in [-0.05, 0) is 47.6 Å². The third kappa shape index (κ3) is 2.62. The van der Waals surface area contributed by atoms with Crippen molar-refractivity contribution in [2.45, 2.75) is 37.3 Å². The van der Waals surface area contributed by atoms with Crippen LogP contribution in [-0.4, -0.2) is 22.8 Å². The number of carbonyl (C=O) groups excluding carboxylic acids is 1. The molecule has 27 heavy (non-hydrogen) atoms. The van der Waals surface area contributed by atoms with Gasteiger partial charge < -0.3 is 5.32 Å². The van der Waals surface area contributed by atoms with Gasteiger partial charge in [0, 0.05) is 24.4 Å². The fourth-order valence-electron chi connectivity index (χ4n) is 4.82. The molecule has 6 heteroatoms. The van der Waals surface area contributed by atoms with Crippen LogP contribution in [-0.2, 0) is 6.42 Å². The Morgan fingerprint density at radius 3 is 2.67 bits per heavy atom. The lowest BCUT2D eigenvalue weighted by Crippen LogP contribution is -2.43. The summed E-state index contributed by atoms with van der Waals surface area (Å²) in [6.07, 6.45) is 1.87. The molecule has 2 fully saturated rings. The number of nitrogens with one attached hydrogen (secondary N) is 2. The lowest BCUT2D eigenvalue weighted by Gasteiger charge is -2.25. The van der Waals surface area contributed by atoms with Gasteiger partial charge in [-0.25, -0.2) is 13.6 Å². The van der Waals surface area contributed by atoms with E-state index in [1.54, 1.807) is 0 Å². The Morgan fingerprint density at radius 2 is 1.89 bits per heavy atom. The molecule has 1 heterocycles. The predicted octanol–water partition coefficient (Wildman–Crippen LogP) is 4.13. The first-order valence-electron chi connectivity index (χ1n) is 9.24. The van der Waals surface area contributed by atoms with Crippen LogP contribution in [0.1, 0.15) is 41.5 Å². The normalized spacial score (nSPS) is 28.1. The van der Waals surface area contributed by atoms with Gasteiger partial charge in [0.15, 0.2) is 0 Å². The Morgan fingerprint density at radius 1 is 1.15 bits per heavy atom. The van der Waals surface area contributed by atoms with Crippen LogP contribution in [0.15, 0.2) is 42.5 Å². The monoisotopic (exact) mass is 367 g/mol. The fourth-order valence-corrected chi connectivity index (χ4v) is 4.82. The molecule has 1 aliphatic heterocycles. The molecular formula is C21H19F2N3O. The maximum absolute atomic E-state index is 13.6. The Balaban J connectivity index is 1.34. The van der Waals surface area contributed by atoms with Crippen LogP contribution in [0, 0.1) is 23.0 Å². The SMILES string of the molecule is N=C1CCC(c2cc(F)cc(F)c2)N1C(=O)NC1C2Cc3ccccc3C21. The first kappa shape index (κ1) is 16.4. The molecule has 138 valence electrons. The molecule has 2 N–H and O–H groups in total. The topological polar surface area (TPSA) is 56.2 Å². The zero-order valence-electron chi connectivity index (χ0n) is 14.6. The van der Waals surface area contributed by atoms with Crippen LogP contribution in [0.25, 0.3) is 0 Å². The Bertz CT molecular complexity index is 940. The van der Waals surface area contributed by atoms with Crippen molar-refractivity contribution in [2.75, 3.05) is 0 Å². The van der Waals surface area contributed by atoms with Crippen LogP contribution in [0.3, 0.4) is 0 Å². The highest BCUT2D eigenvalue weighted by molar-refractivity contribution is 5.98. The summed E-state index contributed by atoms with van der Waals surface area (Å²) in [5, 5.41) is 11.2. The molecule has 0 spiro atoms. The number of likely N-dealkylation sites (tertiary alicyclic amines) is 1. The number of amidine groups is 1. The molecule has 0 bridgehead atoms. The zero-order valence-corrected chi connectivity index (χ0v) is 14.6. The Hall–Kier alpha value is -2.76. The number of rotatable bonds is 2. The van der Waals surface area contributed by atoms with E-state index < -0.39 is 17.7 Å². The average Bonchev–Trinajstić information content (AvgIpc) is 2.98. The van der Waals surface area contributed by atoms with E-state index in [2.05, 4.69) is 17.4 Å². The van der Waals surface area contributed by atoms with E-state index in [1.807, 2.05) is 12.1 Å². The van der Waals surface area contributed by atoms with Gasteiger partial charge in [-0.2, -0.15) is 0 Å². The molecule has 5 rings (SSSR count). The van der Waals surface area contributed by atoms with Gasteiger partial charge in [-0.15, -0.1) is 0 Å². The number of fused-ring (bicyclic) bond motifs is 3. The van der Waals surface area contributed by atoms with Gasteiger partial charge in [0.2, 0.25) is 0 Å². The molecule has 0 radical (unpaired) electrons. The first-order valence-corrected chi connectivity index (χ1v) is 9.24. The minimum Gasteiger partial charge on any atom is -0.334 e. The summed E-state index contributed by atoms with van der Waals surface area (Å²) in [7, 11) is 0. The van der Waals surface area contributed by atoms with Crippen molar-refractivity contribution >= 4 is 11.9 Å². The fraction of sp³-hybridized carbons (Fsp3) is 0.333. The average molecular weight is 367 g/mol. The van der Waals surface area contributed by atoms with E-state index in [-0.39, 0.29) is 17.9 Å². The van der Waals surface area contributed by atoms with Gasteiger partial charge >= 0.3 is 6.03 Å².